The monoisotopic (exact) mass is 333 g/mol. The van der Waals surface area contributed by atoms with E-state index in [4.69, 9.17) is 0 Å². The van der Waals surface area contributed by atoms with Crippen LogP contribution in [-0.2, 0) is 9.47 Å². The van der Waals surface area contributed by atoms with E-state index in [1.165, 1.54) is 43.8 Å². The Balaban J connectivity index is 2.34. The fourth-order valence-corrected chi connectivity index (χ4v) is 2.68. The Kier molecular flexibility index (Phi) is 5.13. The zero-order valence-electron chi connectivity index (χ0n) is 12.8. The number of rotatable bonds is 4. The molecule has 0 bridgehead atoms. The predicted octanol–water partition coefficient (Wildman–Crippen LogP) is 2.88. The van der Waals surface area contributed by atoms with Crippen LogP contribution >= 0.6 is 11.3 Å². The number of amides is 1. The van der Waals surface area contributed by atoms with Gasteiger partial charge in [0.15, 0.2) is 0 Å². The van der Waals surface area contributed by atoms with Gasteiger partial charge in [0.25, 0.3) is 5.91 Å². The Morgan fingerprint density at radius 1 is 0.957 bits per heavy atom. The zero-order valence-corrected chi connectivity index (χ0v) is 13.7. The highest BCUT2D eigenvalue weighted by Gasteiger charge is 2.16. The first-order valence-electron chi connectivity index (χ1n) is 6.64. The number of aryl methyl sites for hydroxylation is 1. The molecule has 0 saturated carbocycles. The van der Waals surface area contributed by atoms with Gasteiger partial charge in [0.2, 0.25) is 0 Å². The van der Waals surface area contributed by atoms with Crippen molar-refractivity contribution in [3.63, 3.8) is 0 Å². The van der Waals surface area contributed by atoms with Gasteiger partial charge in [-0.1, -0.05) is 0 Å². The lowest BCUT2D eigenvalue weighted by Gasteiger charge is -2.09. The fourth-order valence-electron chi connectivity index (χ4n) is 1.92. The summed E-state index contributed by atoms with van der Waals surface area (Å²) in [6.45, 7) is 1.90. The summed E-state index contributed by atoms with van der Waals surface area (Å²) in [5, 5.41) is 2.67. The molecule has 1 N–H and O–H groups in total. The van der Waals surface area contributed by atoms with Gasteiger partial charge in [-0.2, -0.15) is 0 Å². The lowest BCUT2D eigenvalue weighted by molar-refractivity contribution is 0.0599. The minimum atomic E-state index is -0.613. The van der Waals surface area contributed by atoms with E-state index in [1.54, 1.807) is 6.07 Å². The van der Waals surface area contributed by atoms with Crippen molar-refractivity contribution >= 4 is 34.9 Å². The summed E-state index contributed by atoms with van der Waals surface area (Å²) in [5.74, 6) is -1.54. The average Bonchev–Trinajstić information content (AvgIpc) is 2.99. The van der Waals surface area contributed by atoms with Crippen molar-refractivity contribution in [2.75, 3.05) is 19.5 Å². The smallest absolute Gasteiger partial charge is 0.337 e. The van der Waals surface area contributed by atoms with E-state index < -0.39 is 11.9 Å². The molecule has 0 aliphatic rings. The molecule has 0 aliphatic heterocycles. The minimum Gasteiger partial charge on any atom is -0.465 e. The van der Waals surface area contributed by atoms with Crippen molar-refractivity contribution in [2.45, 2.75) is 6.92 Å². The third kappa shape index (κ3) is 3.95. The second-order valence-electron chi connectivity index (χ2n) is 4.65. The van der Waals surface area contributed by atoms with Gasteiger partial charge in [-0.3, -0.25) is 4.79 Å². The average molecular weight is 333 g/mol. The van der Waals surface area contributed by atoms with Crippen molar-refractivity contribution in [3.05, 3.63) is 51.2 Å². The molecule has 23 heavy (non-hydrogen) atoms. The maximum absolute atomic E-state index is 12.2. The number of carbonyl (C=O) groups excluding carboxylic acids is 3. The maximum atomic E-state index is 12.2. The van der Waals surface area contributed by atoms with Gasteiger partial charge in [0, 0.05) is 10.6 Å². The second kappa shape index (κ2) is 7.06. The normalized spacial score (nSPS) is 10.0. The number of carbonyl (C=O) groups is 3. The van der Waals surface area contributed by atoms with E-state index in [9.17, 15) is 14.4 Å². The van der Waals surface area contributed by atoms with Crippen LogP contribution in [0.5, 0.6) is 0 Å². The first-order valence-corrected chi connectivity index (χ1v) is 7.45. The number of benzene rings is 1. The molecule has 1 amide bonds. The molecule has 0 spiro atoms. The molecule has 0 fully saturated rings. The van der Waals surface area contributed by atoms with Crippen LogP contribution in [-0.4, -0.2) is 32.1 Å². The van der Waals surface area contributed by atoms with E-state index in [0.717, 1.165) is 4.88 Å². The van der Waals surface area contributed by atoms with Gasteiger partial charge >= 0.3 is 11.9 Å². The fraction of sp³-hybridized carbons (Fsp3) is 0.188. The van der Waals surface area contributed by atoms with Gasteiger partial charge in [0.1, 0.15) is 0 Å². The lowest BCUT2D eigenvalue weighted by Crippen LogP contribution is -2.13. The Morgan fingerprint density at radius 2 is 1.52 bits per heavy atom. The molecular weight excluding hydrogens is 318 g/mol. The summed E-state index contributed by atoms with van der Waals surface area (Å²) in [6, 6.07) is 7.78. The quantitative estimate of drug-likeness (QED) is 0.870. The molecule has 1 aromatic heterocycles. The lowest BCUT2D eigenvalue weighted by atomic mass is 10.1. The van der Waals surface area contributed by atoms with Crippen LogP contribution in [0.3, 0.4) is 0 Å². The Labute approximate surface area is 137 Å². The highest BCUT2D eigenvalue weighted by Crippen LogP contribution is 2.20. The highest BCUT2D eigenvalue weighted by atomic mass is 32.1. The SMILES string of the molecule is COC(=O)c1cc(NC(=O)c2ccc(C)s2)cc(C(=O)OC)c1. The number of hydrogen-bond acceptors (Lipinski definition) is 6. The van der Waals surface area contributed by atoms with E-state index in [1.807, 2.05) is 13.0 Å². The Morgan fingerprint density at radius 3 is 1.96 bits per heavy atom. The molecule has 0 unspecified atom stereocenters. The molecule has 0 atom stereocenters. The molecule has 2 aromatic rings. The topological polar surface area (TPSA) is 81.7 Å². The minimum absolute atomic E-state index is 0.146. The summed E-state index contributed by atoms with van der Waals surface area (Å²) >= 11 is 1.35. The Hall–Kier alpha value is -2.67. The molecular formula is C16H15NO5S. The molecule has 120 valence electrons. The number of anilines is 1. The molecule has 0 radical (unpaired) electrons. The predicted molar refractivity (Wildman–Crippen MR) is 86.1 cm³/mol. The molecule has 1 aromatic carbocycles. The number of hydrogen-bond donors (Lipinski definition) is 1. The number of nitrogens with one attached hydrogen (secondary N) is 1. The van der Waals surface area contributed by atoms with Crippen LogP contribution < -0.4 is 5.32 Å². The Bertz CT molecular complexity index is 731. The van der Waals surface area contributed by atoms with Crippen molar-refractivity contribution in [2.24, 2.45) is 0 Å². The third-order valence-electron chi connectivity index (χ3n) is 3.00. The number of esters is 2. The van der Waals surface area contributed by atoms with E-state index >= 15 is 0 Å². The zero-order chi connectivity index (χ0) is 17.0. The summed E-state index contributed by atoms with van der Waals surface area (Å²) < 4.78 is 9.30. The van der Waals surface area contributed by atoms with Crippen molar-refractivity contribution in [1.82, 2.24) is 0 Å². The van der Waals surface area contributed by atoms with E-state index in [-0.39, 0.29) is 17.0 Å². The summed E-state index contributed by atoms with van der Waals surface area (Å²) in [7, 11) is 2.47. The second-order valence-corrected chi connectivity index (χ2v) is 5.93. The first-order chi connectivity index (χ1) is 10.9. The number of ether oxygens (including phenoxy) is 2. The summed E-state index contributed by atoms with van der Waals surface area (Å²) in [6.07, 6.45) is 0. The van der Waals surface area contributed by atoms with E-state index in [2.05, 4.69) is 14.8 Å². The largest absolute Gasteiger partial charge is 0.465 e. The molecule has 0 saturated heterocycles. The molecule has 7 heteroatoms. The molecule has 6 nitrogen and oxygen atoms in total. The van der Waals surface area contributed by atoms with Crippen molar-refractivity contribution < 1.29 is 23.9 Å². The van der Waals surface area contributed by atoms with Crippen molar-refractivity contribution in [3.8, 4) is 0 Å². The standard InChI is InChI=1S/C16H15NO5S/c1-9-4-5-13(23-9)14(18)17-12-7-10(15(19)21-2)6-11(8-12)16(20)22-3/h4-8H,1-3H3,(H,17,18). The van der Waals surface area contributed by atoms with Crippen LogP contribution in [0.2, 0.25) is 0 Å². The van der Waals surface area contributed by atoms with Gasteiger partial charge in [-0.05, 0) is 37.3 Å². The molecule has 2 rings (SSSR count). The number of thiophene rings is 1. The van der Waals surface area contributed by atoms with E-state index in [0.29, 0.717) is 10.6 Å². The highest BCUT2D eigenvalue weighted by molar-refractivity contribution is 7.14. The van der Waals surface area contributed by atoms with Crippen LogP contribution in [0.25, 0.3) is 0 Å². The van der Waals surface area contributed by atoms with Crippen molar-refractivity contribution in [1.29, 1.82) is 0 Å². The third-order valence-corrected chi connectivity index (χ3v) is 4.00. The molecule has 1 heterocycles. The van der Waals surface area contributed by atoms with Gasteiger partial charge in [-0.25, -0.2) is 9.59 Å². The summed E-state index contributed by atoms with van der Waals surface area (Å²) in [4.78, 5) is 37.1. The first kappa shape index (κ1) is 16.7. The van der Waals surface area contributed by atoms with Crippen LogP contribution in [0.1, 0.15) is 35.3 Å². The van der Waals surface area contributed by atoms with Gasteiger partial charge < -0.3 is 14.8 Å². The molecule has 0 aliphatic carbocycles. The number of methoxy groups -OCH3 is 2. The van der Waals surface area contributed by atoms with Crippen LogP contribution in [0.4, 0.5) is 5.69 Å². The van der Waals surface area contributed by atoms with Gasteiger partial charge in [0.05, 0.1) is 30.2 Å². The maximum Gasteiger partial charge on any atom is 0.337 e. The summed E-state index contributed by atoms with van der Waals surface area (Å²) in [5.41, 5.74) is 0.602. The van der Waals surface area contributed by atoms with Gasteiger partial charge in [-0.15, -0.1) is 11.3 Å². The van der Waals surface area contributed by atoms with Crippen LogP contribution in [0, 0.1) is 6.92 Å². The van der Waals surface area contributed by atoms with Crippen LogP contribution in [0.15, 0.2) is 30.3 Å².